The van der Waals surface area contributed by atoms with Crippen molar-refractivity contribution in [3.05, 3.63) is 10.3 Å². The van der Waals surface area contributed by atoms with E-state index in [9.17, 15) is 0 Å². The fraction of sp³-hybridized carbons (Fsp3) is 0.750. The summed E-state index contributed by atoms with van der Waals surface area (Å²) in [6.45, 7) is 0. The van der Waals surface area contributed by atoms with Crippen LogP contribution in [-0.4, -0.2) is 15.0 Å². The lowest BCUT2D eigenvalue weighted by molar-refractivity contribution is 0.421. The Morgan fingerprint density at radius 3 is 2.54 bits per heavy atom. The van der Waals surface area contributed by atoms with E-state index in [4.69, 9.17) is 5.73 Å². The molecule has 0 radical (unpaired) electrons. The fourth-order valence-electron chi connectivity index (χ4n) is 2.10. The van der Waals surface area contributed by atoms with Crippen LogP contribution in [0.3, 0.4) is 0 Å². The van der Waals surface area contributed by atoms with Crippen LogP contribution in [0.5, 0.6) is 0 Å². The second-order valence-electron chi connectivity index (χ2n) is 3.72. The number of hydrogen-bond acceptors (Lipinski definition) is 3. The molecule has 0 aromatic carbocycles. The van der Waals surface area contributed by atoms with E-state index in [0.29, 0.717) is 0 Å². The highest BCUT2D eigenvalue weighted by Crippen LogP contribution is 2.38. The third-order valence-corrected chi connectivity index (χ3v) is 3.29. The first-order valence-corrected chi connectivity index (χ1v) is 5.27. The van der Waals surface area contributed by atoms with Gasteiger partial charge in [0.2, 0.25) is 0 Å². The van der Waals surface area contributed by atoms with E-state index < -0.39 is 0 Å². The van der Waals surface area contributed by atoms with Crippen LogP contribution in [0.1, 0.15) is 31.4 Å². The molecule has 0 aliphatic heterocycles. The molecule has 1 saturated carbocycles. The summed E-state index contributed by atoms with van der Waals surface area (Å²) in [7, 11) is 1.89. The molecule has 1 aliphatic rings. The zero-order chi connectivity index (χ0) is 9.47. The standard InChI is InChI=1S/C8H13BrN4/c1-13-6(7(9)11-12-13)8(10)4-2-3-5-8/h2-5,10H2,1H3. The summed E-state index contributed by atoms with van der Waals surface area (Å²) < 4.78 is 2.56. The summed E-state index contributed by atoms with van der Waals surface area (Å²) in [6.07, 6.45) is 4.47. The van der Waals surface area contributed by atoms with Crippen molar-refractivity contribution in [2.24, 2.45) is 12.8 Å². The Labute approximate surface area is 85.6 Å². The van der Waals surface area contributed by atoms with Crippen molar-refractivity contribution in [3.63, 3.8) is 0 Å². The van der Waals surface area contributed by atoms with Gasteiger partial charge in [-0.1, -0.05) is 18.1 Å². The van der Waals surface area contributed by atoms with E-state index in [1.54, 1.807) is 4.68 Å². The third-order valence-electron chi connectivity index (χ3n) is 2.75. The average Bonchev–Trinajstić information content (AvgIpc) is 2.60. The lowest BCUT2D eigenvalue weighted by atomic mass is 9.95. The molecule has 1 aliphatic carbocycles. The summed E-state index contributed by atoms with van der Waals surface area (Å²) in [5, 5.41) is 7.90. The molecule has 4 nitrogen and oxygen atoms in total. The molecule has 1 aromatic heterocycles. The topological polar surface area (TPSA) is 56.7 Å². The van der Waals surface area contributed by atoms with Gasteiger partial charge in [0.15, 0.2) is 4.60 Å². The quantitative estimate of drug-likeness (QED) is 0.811. The molecule has 2 rings (SSSR count). The first kappa shape index (κ1) is 9.15. The van der Waals surface area contributed by atoms with Crippen molar-refractivity contribution in [2.75, 3.05) is 0 Å². The number of nitrogens with two attached hydrogens (primary N) is 1. The van der Waals surface area contributed by atoms with E-state index >= 15 is 0 Å². The van der Waals surface area contributed by atoms with E-state index in [0.717, 1.165) is 23.1 Å². The van der Waals surface area contributed by atoms with Gasteiger partial charge in [0.25, 0.3) is 0 Å². The van der Waals surface area contributed by atoms with Crippen molar-refractivity contribution in [1.29, 1.82) is 0 Å². The van der Waals surface area contributed by atoms with Crippen molar-refractivity contribution in [3.8, 4) is 0 Å². The van der Waals surface area contributed by atoms with Gasteiger partial charge in [0.1, 0.15) is 0 Å². The minimum Gasteiger partial charge on any atom is -0.320 e. The Morgan fingerprint density at radius 1 is 1.46 bits per heavy atom. The molecule has 0 bridgehead atoms. The highest BCUT2D eigenvalue weighted by atomic mass is 79.9. The summed E-state index contributed by atoms with van der Waals surface area (Å²) in [4.78, 5) is 0. The maximum absolute atomic E-state index is 6.30. The molecule has 5 heteroatoms. The van der Waals surface area contributed by atoms with Gasteiger partial charge in [-0.25, -0.2) is 4.68 Å². The zero-order valence-electron chi connectivity index (χ0n) is 7.63. The van der Waals surface area contributed by atoms with Gasteiger partial charge in [-0.3, -0.25) is 0 Å². The maximum Gasteiger partial charge on any atom is 0.153 e. The molecule has 0 unspecified atom stereocenters. The van der Waals surface area contributed by atoms with Gasteiger partial charge in [-0.05, 0) is 28.8 Å². The van der Waals surface area contributed by atoms with Crippen molar-refractivity contribution in [2.45, 2.75) is 31.2 Å². The summed E-state index contributed by atoms with van der Waals surface area (Å²) >= 11 is 3.39. The number of aromatic nitrogens is 3. The molecule has 13 heavy (non-hydrogen) atoms. The molecule has 0 atom stereocenters. The van der Waals surface area contributed by atoms with Crippen LogP contribution >= 0.6 is 15.9 Å². The van der Waals surface area contributed by atoms with Crippen LogP contribution in [0.2, 0.25) is 0 Å². The molecule has 0 saturated heterocycles. The Balaban J connectivity index is 2.43. The summed E-state index contributed by atoms with van der Waals surface area (Å²) in [6, 6.07) is 0. The monoisotopic (exact) mass is 244 g/mol. The van der Waals surface area contributed by atoms with Gasteiger partial charge >= 0.3 is 0 Å². The number of halogens is 1. The van der Waals surface area contributed by atoms with Gasteiger partial charge in [-0.2, -0.15) is 0 Å². The number of hydrogen-bond donors (Lipinski definition) is 1. The van der Waals surface area contributed by atoms with Gasteiger partial charge in [0.05, 0.1) is 11.2 Å². The van der Waals surface area contributed by atoms with Crippen LogP contribution in [0.15, 0.2) is 4.60 Å². The van der Waals surface area contributed by atoms with Crippen LogP contribution in [0.25, 0.3) is 0 Å². The average molecular weight is 245 g/mol. The van der Waals surface area contributed by atoms with E-state index in [-0.39, 0.29) is 5.54 Å². The highest BCUT2D eigenvalue weighted by molar-refractivity contribution is 9.10. The van der Waals surface area contributed by atoms with E-state index in [2.05, 4.69) is 26.2 Å². The second-order valence-corrected chi connectivity index (χ2v) is 4.47. The SMILES string of the molecule is Cn1nnc(Br)c1C1(N)CCCC1. The van der Waals surface area contributed by atoms with Crippen molar-refractivity contribution in [1.82, 2.24) is 15.0 Å². The van der Waals surface area contributed by atoms with E-state index in [1.165, 1.54) is 12.8 Å². The van der Waals surface area contributed by atoms with Gasteiger partial charge < -0.3 is 5.73 Å². The molecule has 1 fully saturated rings. The van der Waals surface area contributed by atoms with Crippen molar-refractivity contribution < 1.29 is 0 Å². The minimum atomic E-state index is -0.211. The second kappa shape index (κ2) is 3.06. The predicted molar refractivity (Wildman–Crippen MR) is 53.0 cm³/mol. The molecule has 0 spiro atoms. The number of rotatable bonds is 1. The first-order chi connectivity index (χ1) is 6.13. The van der Waals surface area contributed by atoms with Crippen molar-refractivity contribution >= 4 is 15.9 Å². The third kappa shape index (κ3) is 1.40. The molecule has 1 heterocycles. The number of nitrogens with zero attached hydrogens (tertiary/aromatic N) is 3. The maximum atomic E-state index is 6.30. The molecule has 72 valence electrons. The van der Waals surface area contributed by atoms with Crippen LogP contribution in [0, 0.1) is 0 Å². The molecule has 2 N–H and O–H groups in total. The van der Waals surface area contributed by atoms with Gasteiger partial charge in [0, 0.05) is 7.05 Å². The predicted octanol–water partition coefficient (Wildman–Crippen LogP) is 1.31. The zero-order valence-corrected chi connectivity index (χ0v) is 9.21. The first-order valence-electron chi connectivity index (χ1n) is 4.48. The molecule has 0 amide bonds. The van der Waals surface area contributed by atoms with Crippen LogP contribution in [0.4, 0.5) is 0 Å². The van der Waals surface area contributed by atoms with Crippen LogP contribution < -0.4 is 5.73 Å². The fourth-order valence-corrected chi connectivity index (χ4v) is 2.82. The normalized spacial score (nSPS) is 20.8. The Kier molecular flexibility index (Phi) is 2.15. The minimum absolute atomic E-state index is 0.211. The summed E-state index contributed by atoms with van der Waals surface area (Å²) in [5.74, 6) is 0. The number of aryl methyl sites for hydroxylation is 1. The Bertz CT molecular complexity index is 294. The summed E-state index contributed by atoms with van der Waals surface area (Å²) in [5.41, 5.74) is 7.12. The van der Waals surface area contributed by atoms with Gasteiger partial charge in [-0.15, -0.1) is 5.10 Å². The molecular weight excluding hydrogens is 232 g/mol. The molecule has 1 aromatic rings. The lowest BCUT2D eigenvalue weighted by Crippen LogP contribution is -2.35. The Hall–Kier alpha value is -0.420. The van der Waals surface area contributed by atoms with Crippen LogP contribution in [-0.2, 0) is 12.6 Å². The molecular formula is C8H13BrN4. The largest absolute Gasteiger partial charge is 0.320 e. The lowest BCUT2D eigenvalue weighted by Gasteiger charge is -2.23. The Morgan fingerprint density at radius 2 is 2.08 bits per heavy atom. The highest BCUT2D eigenvalue weighted by Gasteiger charge is 2.36. The smallest absolute Gasteiger partial charge is 0.153 e. The van der Waals surface area contributed by atoms with E-state index in [1.807, 2.05) is 7.05 Å².